The largest absolute Gasteiger partial charge is 0.496 e. The summed E-state index contributed by atoms with van der Waals surface area (Å²) in [5, 5.41) is 9.73. The minimum atomic E-state index is -0.797. The molecule has 1 rings (SSSR count). The number of aliphatic hydroxyl groups is 1. The number of hydrogen-bond donors (Lipinski definition) is 1. The van der Waals surface area contributed by atoms with Gasteiger partial charge >= 0.3 is 0 Å². The second-order valence-corrected chi connectivity index (χ2v) is 3.13. The van der Waals surface area contributed by atoms with E-state index in [9.17, 15) is 5.11 Å². The first-order valence-electron chi connectivity index (χ1n) is 4.78. The van der Waals surface area contributed by atoms with Crippen molar-refractivity contribution in [1.82, 2.24) is 0 Å². The van der Waals surface area contributed by atoms with Gasteiger partial charge in [0.1, 0.15) is 11.9 Å². The molecule has 0 aromatic heterocycles. The van der Waals surface area contributed by atoms with Crippen molar-refractivity contribution in [3.05, 3.63) is 30.4 Å². The quantitative estimate of drug-likeness (QED) is 0.776. The van der Waals surface area contributed by atoms with E-state index in [0.29, 0.717) is 22.8 Å². The number of hydrogen-bond acceptors (Lipinski definition) is 4. The second-order valence-electron chi connectivity index (χ2n) is 3.13. The summed E-state index contributed by atoms with van der Waals surface area (Å²) in [5.74, 6) is 1.63. The molecule has 0 radical (unpaired) electrons. The smallest absolute Gasteiger partial charge is 0.164 e. The fourth-order valence-corrected chi connectivity index (χ4v) is 1.41. The van der Waals surface area contributed by atoms with Crippen LogP contribution in [0.15, 0.2) is 24.8 Å². The maximum absolute atomic E-state index is 9.73. The summed E-state index contributed by atoms with van der Waals surface area (Å²) < 4.78 is 15.4. The van der Waals surface area contributed by atoms with Gasteiger partial charge in [-0.25, -0.2) is 0 Å². The minimum absolute atomic E-state index is 0.532. The summed E-state index contributed by atoms with van der Waals surface area (Å²) >= 11 is 0. The fraction of sp³-hybridized carbons (Fsp3) is 0.333. The van der Waals surface area contributed by atoms with Gasteiger partial charge in [0.2, 0.25) is 0 Å². The Kier molecular flexibility index (Phi) is 4.19. The molecule has 4 heteroatoms. The van der Waals surface area contributed by atoms with Crippen molar-refractivity contribution >= 4 is 0 Å². The highest BCUT2D eigenvalue weighted by Gasteiger charge is 2.15. The molecule has 0 spiro atoms. The zero-order chi connectivity index (χ0) is 12.1. The molecule has 0 aliphatic carbocycles. The zero-order valence-corrected chi connectivity index (χ0v) is 9.69. The number of ether oxygens (including phenoxy) is 3. The normalized spacial score (nSPS) is 11.8. The van der Waals surface area contributed by atoms with Crippen molar-refractivity contribution in [1.29, 1.82) is 0 Å². The van der Waals surface area contributed by atoms with Crippen molar-refractivity contribution in [3.8, 4) is 17.2 Å². The Morgan fingerprint density at radius 3 is 2.00 bits per heavy atom. The van der Waals surface area contributed by atoms with Gasteiger partial charge in [0.05, 0.1) is 21.3 Å². The Morgan fingerprint density at radius 2 is 1.56 bits per heavy atom. The van der Waals surface area contributed by atoms with Crippen LogP contribution >= 0.6 is 0 Å². The van der Waals surface area contributed by atoms with E-state index in [4.69, 9.17) is 14.2 Å². The molecule has 0 bridgehead atoms. The Morgan fingerprint density at radius 1 is 1.06 bits per heavy atom. The molecule has 4 nitrogen and oxygen atoms in total. The van der Waals surface area contributed by atoms with Crippen molar-refractivity contribution in [3.63, 3.8) is 0 Å². The van der Waals surface area contributed by atoms with E-state index in [1.165, 1.54) is 20.3 Å². The van der Waals surface area contributed by atoms with Gasteiger partial charge < -0.3 is 19.3 Å². The maximum atomic E-state index is 9.73. The van der Waals surface area contributed by atoms with Crippen molar-refractivity contribution in [2.75, 3.05) is 21.3 Å². The van der Waals surface area contributed by atoms with Gasteiger partial charge in [0.25, 0.3) is 0 Å². The van der Waals surface area contributed by atoms with E-state index in [1.807, 2.05) is 0 Å². The molecule has 1 unspecified atom stereocenters. The van der Waals surface area contributed by atoms with Crippen LogP contribution < -0.4 is 14.2 Å². The third-order valence-electron chi connectivity index (χ3n) is 2.28. The summed E-state index contributed by atoms with van der Waals surface area (Å²) in [5.41, 5.74) is 0.593. The third kappa shape index (κ3) is 2.28. The van der Waals surface area contributed by atoms with E-state index in [0.717, 1.165) is 0 Å². The molecule has 1 N–H and O–H groups in total. The average Bonchev–Trinajstić information content (AvgIpc) is 2.35. The molecule has 1 atom stereocenters. The highest BCUT2D eigenvalue weighted by atomic mass is 16.5. The second kappa shape index (κ2) is 5.42. The van der Waals surface area contributed by atoms with Gasteiger partial charge in [0, 0.05) is 11.6 Å². The summed E-state index contributed by atoms with van der Waals surface area (Å²) in [6.45, 7) is 3.53. The van der Waals surface area contributed by atoms with Crippen LogP contribution in [0.5, 0.6) is 17.2 Å². The molecule has 1 aromatic carbocycles. The number of benzene rings is 1. The number of aliphatic hydroxyl groups excluding tert-OH is 1. The summed E-state index contributed by atoms with van der Waals surface area (Å²) in [6, 6.07) is 3.34. The van der Waals surface area contributed by atoms with E-state index < -0.39 is 6.10 Å². The molecule has 1 aromatic rings. The van der Waals surface area contributed by atoms with Gasteiger partial charge in [-0.3, -0.25) is 0 Å². The van der Waals surface area contributed by atoms with E-state index in [2.05, 4.69) is 6.58 Å². The van der Waals surface area contributed by atoms with Gasteiger partial charge in [-0.15, -0.1) is 6.58 Å². The molecule has 0 aliphatic heterocycles. The highest BCUT2D eigenvalue weighted by molar-refractivity contribution is 5.52. The molecule has 0 saturated carbocycles. The topological polar surface area (TPSA) is 47.9 Å². The highest BCUT2D eigenvalue weighted by Crippen LogP contribution is 2.37. The van der Waals surface area contributed by atoms with Crippen LogP contribution in [0.1, 0.15) is 11.7 Å². The van der Waals surface area contributed by atoms with Crippen LogP contribution in [0.4, 0.5) is 0 Å². The molecule has 88 valence electrons. The standard InChI is InChI=1S/C12H16O4/c1-5-9(13)8-6-11(15-3)12(16-4)7-10(8)14-2/h5-7,9,13H,1H2,2-4H3. The van der Waals surface area contributed by atoms with Gasteiger partial charge in [-0.2, -0.15) is 0 Å². The first-order chi connectivity index (χ1) is 7.67. The van der Waals surface area contributed by atoms with Crippen LogP contribution in [0.3, 0.4) is 0 Å². The average molecular weight is 224 g/mol. The van der Waals surface area contributed by atoms with Gasteiger partial charge in [-0.1, -0.05) is 6.08 Å². The molecule has 0 heterocycles. The third-order valence-corrected chi connectivity index (χ3v) is 2.28. The lowest BCUT2D eigenvalue weighted by molar-refractivity contribution is 0.222. The van der Waals surface area contributed by atoms with E-state index in [-0.39, 0.29) is 0 Å². The summed E-state index contributed by atoms with van der Waals surface area (Å²) in [6.07, 6.45) is 0.624. The van der Waals surface area contributed by atoms with Crippen LogP contribution in [0.25, 0.3) is 0 Å². The Hall–Kier alpha value is -1.68. The van der Waals surface area contributed by atoms with Crippen LogP contribution in [0.2, 0.25) is 0 Å². The fourth-order valence-electron chi connectivity index (χ4n) is 1.41. The Balaban J connectivity index is 3.31. The van der Waals surface area contributed by atoms with Crippen molar-refractivity contribution in [2.45, 2.75) is 6.10 Å². The Labute approximate surface area is 95.1 Å². The monoisotopic (exact) mass is 224 g/mol. The zero-order valence-electron chi connectivity index (χ0n) is 9.69. The first-order valence-corrected chi connectivity index (χ1v) is 4.78. The molecule has 0 fully saturated rings. The minimum Gasteiger partial charge on any atom is -0.496 e. The van der Waals surface area contributed by atoms with Gasteiger partial charge in [-0.05, 0) is 6.07 Å². The summed E-state index contributed by atoms with van der Waals surface area (Å²) in [4.78, 5) is 0. The molecule has 0 aliphatic rings. The maximum Gasteiger partial charge on any atom is 0.164 e. The van der Waals surface area contributed by atoms with E-state index >= 15 is 0 Å². The lowest BCUT2D eigenvalue weighted by atomic mass is 10.1. The molecule has 0 amide bonds. The van der Waals surface area contributed by atoms with Crippen LogP contribution in [-0.2, 0) is 0 Å². The van der Waals surface area contributed by atoms with Crippen molar-refractivity contribution < 1.29 is 19.3 Å². The molecular formula is C12H16O4. The lowest BCUT2D eigenvalue weighted by Crippen LogP contribution is -2.00. The number of methoxy groups -OCH3 is 3. The molecular weight excluding hydrogens is 208 g/mol. The predicted octanol–water partition coefficient (Wildman–Crippen LogP) is 1.93. The summed E-state index contributed by atoms with van der Waals surface area (Å²) in [7, 11) is 4.61. The van der Waals surface area contributed by atoms with Gasteiger partial charge in [0.15, 0.2) is 11.5 Å². The Bertz CT molecular complexity index is 374. The van der Waals surface area contributed by atoms with Crippen molar-refractivity contribution in [2.24, 2.45) is 0 Å². The number of rotatable bonds is 5. The SMILES string of the molecule is C=CC(O)c1cc(OC)c(OC)cc1OC. The first kappa shape index (κ1) is 12.4. The van der Waals surface area contributed by atoms with Crippen LogP contribution in [0, 0.1) is 0 Å². The lowest BCUT2D eigenvalue weighted by Gasteiger charge is -2.15. The molecule has 0 saturated heterocycles. The van der Waals surface area contributed by atoms with E-state index in [1.54, 1.807) is 19.2 Å². The van der Waals surface area contributed by atoms with Crippen LogP contribution in [-0.4, -0.2) is 26.4 Å². The molecule has 16 heavy (non-hydrogen) atoms. The predicted molar refractivity (Wildman–Crippen MR) is 61.3 cm³/mol.